The zero-order valence-electron chi connectivity index (χ0n) is 37.2. The van der Waals surface area contributed by atoms with Crippen LogP contribution in [0.15, 0.2) is 12.2 Å². The standard InChI is InChI=1S/C45H91IO4Si2/c1-14-15-16-17-18-19-20-21-22-23-24-31-36-41-42(48-45(8,9)47-41)37-32-26-25-28-33-39(49-51(10,11)43(2,3)4)34-29-27-30-35-40(38-46)50-52(12,13)44(5,6)7/h25-26,39-42H,14-24,27-38H2,1-13H3/b26-25+/t39-,40+,41+,42+/m0/s1. The minimum atomic E-state index is -1.82. The highest BCUT2D eigenvalue weighted by atomic mass is 127. The van der Waals surface area contributed by atoms with Crippen LogP contribution in [0.4, 0.5) is 0 Å². The molecular weight excluding hydrogens is 788 g/mol. The fourth-order valence-electron chi connectivity index (χ4n) is 6.90. The summed E-state index contributed by atoms with van der Waals surface area (Å²) in [5.74, 6) is -0.459. The van der Waals surface area contributed by atoms with Gasteiger partial charge in [-0.1, -0.05) is 180 Å². The number of unbranched alkanes of at least 4 members (excludes halogenated alkanes) is 13. The molecule has 0 spiro atoms. The van der Waals surface area contributed by atoms with Gasteiger partial charge in [-0.2, -0.15) is 0 Å². The van der Waals surface area contributed by atoms with E-state index in [1.54, 1.807) is 0 Å². The summed E-state index contributed by atoms with van der Waals surface area (Å²) in [4.78, 5) is 0. The van der Waals surface area contributed by atoms with Crippen molar-refractivity contribution in [2.75, 3.05) is 4.43 Å². The molecule has 4 nitrogen and oxygen atoms in total. The molecule has 310 valence electrons. The summed E-state index contributed by atoms with van der Waals surface area (Å²) in [6.45, 7) is 30.2. The van der Waals surface area contributed by atoms with E-state index in [2.05, 4.69) is 123 Å². The molecule has 0 aromatic carbocycles. The molecule has 0 unspecified atom stereocenters. The van der Waals surface area contributed by atoms with Crippen LogP contribution in [0, 0.1) is 0 Å². The highest BCUT2D eigenvalue weighted by Gasteiger charge is 2.41. The molecule has 1 saturated heterocycles. The summed E-state index contributed by atoms with van der Waals surface area (Å²) >= 11 is 2.53. The molecule has 0 aromatic heterocycles. The second-order valence-electron chi connectivity index (χ2n) is 19.8. The number of hydrogen-bond donors (Lipinski definition) is 0. The number of rotatable bonds is 30. The van der Waals surface area contributed by atoms with Gasteiger partial charge in [-0.05, 0) is 95.1 Å². The van der Waals surface area contributed by atoms with E-state index in [-0.39, 0.29) is 22.3 Å². The second-order valence-corrected chi connectivity index (χ2v) is 30.2. The summed E-state index contributed by atoms with van der Waals surface area (Å²) < 4.78 is 27.7. The molecule has 1 fully saturated rings. The molecular formula is C45H91IO4Si2. The Morgan fingerprint density at radius 2 is 0.981 bits per heavy atom. The molecule has 0 bridgehead atoms. The highest BCUT2D eigenvalue weighted by molar-refractivity contribution is 14.1. The van der Waals surface area contributed by atoms with Gasteiger partial charge in [-0.15, -0.1) is 0 Å². The minimum absolute atomic E-state index is 0.209. The first kappa shape index (κ1) is 50.8. The third-order valence-corrected chi connectivity index (χ3v) is 22.4. The molecule has 7 heteroatoms. The van der Waals surface area contributed by atoms with E-state index in [0.29, 0.717) is 12.2 Å². The van der Waals surface area contributed by atoms with Crippen molar-refractivity contribution in [2.45, 2.75) is 270 Å². The van der Waals surface area contributed by atoms with Crippen molar-refractivity contribution in [3.8, 4) is 0 Å². The molecule has 0 amide bonds. The Hall–Kier alpha value is 0.744. The zero-order chi connectivity index (χ0) is 39.3. The van der Waals surface area contributed by atoms with Gasteiger partial charge in [0, 0.05) is 10.5 Å². The van der Waals surface area contributed by atoms with Crippen LogP contribution in [-0.2, 0) is 18.3 Å². The Kier molecular flexibility index (Phi) is 25.3. The van der Waals surface area contributed by atoms with E-state index in [4.69, 9.17) is 18.3 Å². The molecule has 52 heavy (non-hydrogen) atoms. The second kappa shape index (κ2) is 25.9. The molecule has 0 N–H and O–H groups in total. The molecule has 1 aliphatic rings. The average molecular weight is 879 g/mol. The van der Waals surface area contributed by atoms with Gasteiger partial charge >= 0.3 is 0 Å². The molecule has 4 atom stereocenters. The van der Waals surface area contributed by atoms with Gasteiger partial charge in [0.05, 0.1) is 18.3 Å². The Morgan fingerprint density at radius 1 is 0.577 bits per heavy atom. The molecule has 1 rings (SSSR count). The first-order valence-electron chi connectivity index (χ1n) is 22.2. The average Bonchev–Trinajstić information content (AvgIpc) is 3.33. The summed E-state index contributed by atoms with van der Waals surface area (Å²) in [6, 6.07) is 0. The van der Waals surface area contributed by atoms with Crippen LogP contribution in [0.3, 0.4) is 0 Å². The van der Waals surface area contributed by atoms with Crippen molar-refractivity contribution >= 4 is 39.2 Å². The van der Waals surface area contributed by atoms with Crippen molar-refractivity contribution in [3.63, 3.8) is 0 Å². The van der Waals surface area contributed by atoms with Crippen LogP contribution in [-0.4, -0.2) is 51.3 Å². The summed E-state index contributed by atoms with van der Waals surface area (Å²) in [6.07, 6.45) is 34.2. The van der Waals surface area contributed by atoms with Gasteiger partial charge < -0.3 is 18.3 Å². The predicted molar refractivity (Wildman–Crippen MR) is 243 cm³/mol. The van der Waals surface area contributed by atoms with Gasteiger partial charge in [0.15, 0.2) is 22.4 Å². The Bertz CT molecular complexity index is 923. The van der Waals surface area contributed by atoms with E-state index in [1.165, 1.54) is 109 Å². The number of halogens is 1. The van der Waals surface area contributed by atoms with E-state index in [0.717, 1.165) is 36.5 Å². The Morgan fingerprint density at radius 3 is 1.46 bits per heavy atom. The van der Waals surface area contributed by atoms with Gasteiger partial charge in [0.25, 0.3) is 0 Å². The van der Waals surface area contributed by atoms with Gasteiger partial charge in [0.2, 0.25) is 0 Å². The monoisotopic (exact) mass is 879 g/mol. The lowest BCUT2D eigenvalue weighted by molar-refractivity contribution is -0.147. The third kappa shape index (κ3) is 21.9. The Labute approximate surface area is 342 Å². The van der Waals surface area contributed by atoms with E-state index in [9.17, 15) is 0 Å². The van der Waals surface area contributed by atoms with E-state index < -0.39 is 22.4 Å². The zero-order valence-corrected chi connectivity index (χ0v) is 41.4. The highest BCUT2D eigenvalue weighted by Crippen LogP contribution is 2.40. The van der Waals surface area contributed by atoms with Crippen molar-refractivity contribution in [3.05, 3.63) is 12.2 Å². The predicted octanol–water partition coefficient (Wildman–Crippen LogP) is 15.9. The van der Waals surface area contributed by atoms with Crippen molar-refractivity contribution in [1.29, 1.82) is 0 Å². The smallest absolute Gasteiger partial charge is 0.192 e. The topological polar surface area (TPSA) is 36.9 Å². The lowest BCUT2D eigenvalue weighted by Crippen LogP contribution is -2.44. The molecule has 1 heterocycles. The van der Waals surface area contributed by atoms with Crippen LogP contribution in [0.25, 0.3) is 0 Å². The van der Waals surface area contributed by atoms with Gasteiger partial charge in [0.1, 0.15) is 0 Å². The maximum absolute atomic E-state index is 7.02. The lowest BCUT2D eigenvalue weighted by Gasteiger charge is -2.39. The fourth-order valence-corrected chi connectivity index (χ4v) is 10.7. The summed E-state index contributed by atoms with van der Waals surface area (Å²) in [5.41, 5.74) is 0. The summed E-state index contributed by atoms with van der Waals surface area (Å²) in [5, 5.41) is 0.500. The number of alkyl halides is 1. The lowest BCUT2D eigenvalue weighted by atomic mass is 10.0. The summed E-state index contributed by atoms with van der Waals surface area (Å²) in [7, 11) is -3.54. The van der Waals surface area contributed by atoms with Crippen molar-refractivity contribution < 1.29 is 18.3 Å². The van der Waals surface area contributed by atoms with E-state index >= 15 is 0 Å². The molecule has 0 aromatic rings. The van der Waals surface area contributed by atoms with Crippen LogP contribution in [0.2, 0.25) is 36.3 Å². The molecule has 1 aliphatic heterocycles. The van der Waals surface area contributed by atoms with Crippen LogP contribution in [0.1, 0.15) is 204 Å². The van der Waals surface area contributed by atoms with Gasteiger partial charge in [-0.25, -0.2) is 0 Å². The SMILES string of the molecule is CCCCCCCCCCCCCC[C@H]1OC(C)(C)O[C@@H]1CC/C=C/CC[C@@H](CCCCC[C@H](CI)O[Si](C)(C)C(C)(C)C)O[Si](C)(C)C(C)(C)C. The first-order chi connectivity index (χ1) is 24.2. The number of ether oxygens (including phenoxy) is 2. The number of hydrogen-bond acceptors (Lipinski definition) is 4. The molecule has 0 saturated carbocycles. The molecule has 0 radical (unpaired) electrons. The minimum Gasteiger partial charge on any atom is -0.414 e. The normalized spacial score (nSPS) is 19.9. The first-order valence-corrected chi connectivity index (χ1v) is 29.5. The van der Waals surface area contributed by atoms with Crippen molar-refractivity contribution in [2.24, 2.45) is 0 Å². The van der Waals surface area contributed by atoms with Crippen molar-refractivity contribution in [1.82, 2.24) is 0 Å². The maximum atomic E-state index is 7.02. The van der Waals surface area contributed by atoms with Gasteiger partial charge in [-0.3, -0.25) is 0 Å². The molecule has 0 aliphatic carbocycles. The Balaban J connectivity index is 2.47. The largest absolute Gasteiger partial charge is 0.414 e. The van der Waals surface area contributed by atoms with Crippen LogP contribution >= 0.6 is 22.6 Å². The maximum Gasteiger partial charge on any atom is 0.192 e. The number of allylic oxidation sites excluding steroid dienone is 2. The van der Waals surface area contributed by atoms with E-state index in [1.807, 2.05) is 0 Å². The van der Waals surface area contributed by atoms with Crippen LogP contribution in [0.5, 0.6) is 0 Å². The van der Waals surface area contributed by atoms with Crippen LogP contribution < -0.4 is 0 Å². The fraction of sp³-hybridized carbons (Fsp3) is 0.956. The quantitative estimate of drug-likeness (QED) is 0.0237. The third-order valence-electron chi connectivity index (χ3n) is 12.3.